The van der Waals surface area contributed by atoms with Crippen molar-refractivity contribution in [3.63, 3.8) is 0 Å². The highest BCUT2D eigenvalue weighted by Crippen LogP contribution is 2.41. The van der Waals surface area contributed by atoms with Crippen molar-refractivity contribution in [1.29, 1.82) is 5.41 Å². The summed E-state index contributed by atoms with van der Waals surface area (Å²) in [6.07, 6.45) is -0.0186. The van der Waals surface area contributed by atoms with Gasteiger partial charge in [0, 0.05) is 16.7 Å². The summed E-state index contributed by atoms with van der Waals surface area (Å²) in [5.74, 6) is 0.193. The van der Waals surface area contributed by atoms with Crippen LogP contribution in [0.25, 0.3) is 21.9 Å². The molecule has 4 rings (SSSR count). The standard InChI is InChI=1S/C27H28F3N3/c1-4-5-6-12-26(2,3)18-11-10-16-14-21-23(25(32)33-24(21)31)22(20(16)15-18)17-8-7-9-19(13-17)27(28,29)30/h7-11,13-15H,4-6,12H2,1-3H3,(H3,31,32,33). The Labute approximate surface area is 192 Å². The number of aliphatic imine (C=N–C) groups is 1. The lowest BCUT2D eigenvalue weighted by atomic mass is 9.78. The molecule has 0 radical (unpaired) electrons. The molecule has 3 aromatic carbocycles. The first-order chi connectivity index (χ1) is 15.5. The van der Waals surface area contributed by atoms with Gasteiger partial charge in [0.15, 0.2) is 5.84 Å². The van der Waals surface area contributed by atoms with Crippen LogP contribution in [0, 0.1) is 5.41 Å². The molecule has 172 valence electrons. The average molecular weight is 452 g/mol. The Bertz CT molecular complexity index is 1270. The number of hydrogen-bond acceptors (Lipinski definition) is 2. The molecule has 1 heterocycles. The van der Waals surface area contributed by atoms with Gasteiger partial charge in [-0.25, -0.2) is 4.99 Å². The van der Waals surface area contributed by atoms with Gasteiger partial charge in [0.2, 0.25) is 0 Å². The van der Waals surface area contributed by atoms with E-state index in [1.54, 1.807) is 6.07 Å². The van der Waals surface area contributed by atoms with Gasteiger partial charge in [0.05, 0.1) is 5.56 Å². The number of fused-ring (bicyclic) bond motifs is 2. The quantitative estimate of drug-likeness (QED) is 0.376. The Kier molecular flexibility index (Phi) is 5.81. The summed E-state index contributed by atoms with van der Waals surface area (Å²) in [5.41, 5.74) is 8.60. The summed E-state index contributed by atoms with van der Waals surface area (Å²) >= 11 is 0. The van der Waals surface area contributed by atoms with Crippen molar-refractivity contribution < 1.29 is 13.2 Å². The van der Waals surface area contributed by atoms with Crippen molar-refractivity contribution in [3.8, 4) is 11.1 Å². The van der Waals surface area contributed by atoms with Crippen LogP contribution in [0.5, 0.6) is 0 Å². The number of nitrogens with two attached hydrogens (primary N) is 1. The average Bonchev–Trinajstić information content (AvgIpc) is 3.04. The zero-order valence-electron chi connectivity index (χ0n) is 19.1. The van der Waals surface area contributed by atoms with Gasteiger partial charge in [0.25, 0.3) is 0 Å². The first-order valence-electron chi connectivity index (χ1n) is 11.3. The zero-order valence-corrected chi connectivity index (χ0v) is 19.1. The van der Waals surface area contributed by atoms with Crippen molar-refractivity contribution >= 4 is 22.4 Å². The fourth-order valence-electron chi connectivity index (χ4n) is 4.62. The molecule has 0 atom stereocenters. The van der Waals surface area contributed by atoms with Crippen molar-refractivity contribution in [2.45, 2.75) is 58.0 Å². The largest absolute Gasteiger partial charge is 0.416 e. The molecule has 0 spiro atoms. The third-order valence-electron chi connectivity index (χ3n) is 6.55. The molecule has 0 fully saturated rings. The minimum atomic E-state index is -4.46. The number of hydrogen-bond donors (Lipinski definition) is 2. The smallest absolute Gasteiger partial charge is 0.383 e. The summed E-state index contributed by atoms with van der Waals surface area (Å²) < 4.78 is 40.5. The number of nitrogens with zero attached hydrogens (tertiary/aromatic N) is 1. The van der Waals surface area contributed by atoms with Crippen LogP contribution < -0.4 is 5.73 Å². The summed E-state index contributed by atoms with van der Waals surface area (Å²) in [7, 11) is 0. The lowest BCUT2D eigenvalue weighted by molar-refractivity contribution is -0.137. The summed E-state index contributed by atoms with van der Waals surface area (Å²) in [4.78, 5) is 4.11. The molecule has 33 heavy (non-hydrogen) atoms. The van der Waals surface area contributed by atoms with Crippen LogP contribution in [0.3, 0.4) is 0 Å². The van der Waals surface area contributed by atoms with E-state index in [0.717, 1.165) is 54.2 Å². The van der Waals surface area contributed by atoms with Crippen LogP contribution in [0.2, 0.25) is 0 Å². The van der Waals surface area contributed by atoms with Crippen LogP contribution in [-0.4, -0.2) is 11.7 Å². The molecule has 6 heteroatoms. The maximum absolute atomic E-state index is 13.5. The summed E-state index contributed by atoms with van der Waals surface area (Å²) in [6.45, 7) is 6.58. The third kappa shape index (κ3) is 4.26. The van der Waals surface area contributed by atoms with E-state index in [9.17, 15) is 13.2 Å². The Balaban J connectivity index is 1.98. The van der Waals surface area contributed by atoms with Crippen molar-refractivity contribution in [2.75, 3.05) is 0 Å². The Hall–Kier alpha value is -3.15. The van der Waals surface area contributed by atoms with Crippen LogP contribution in [-0.2, 0) is 11.6 Å². The Morgan fingerprint density at radius 3 is 2.39 bits per heavy atom. The molecule has 1 aliphatic heterocycles. The van der Waals surface area contributed by atoms with E-state index < -0.39 is 11.7 Å². The fourth-order valence-corrected chi connectivity index (χ4v) is 4.62. The third-order valence-corrected chi connectivity index (χ3v) is 6.55. The Morgan fingerprint density at radius 1 is 0.939 bits per heavy atom. The highest BCUT2D eigenvalue weighted by Gasteiger charge is 2.32. The second-order valence-corrected chi connectivity index (χ2v) is 9.38. The molecule has 0 bridgehead atoms. The van der Waals surface area contributed by atoms with E-state index in [4.69, 9.17) is 11.1 Å². The zero-order chi connectivity index (χ0) is 24.0. The first-order valence-corrected chi connectivity index (χ1v) is 11.3. The van der Waals surface area contributed by atoms with Gasteiger partial charge >= 0.3 is 6.18 Å². The normalized spacial score (nSPS) is 14.0. The molecule has 0 saturated heterocycles. The van der Waals surface area contributed by atoms with E-state index in [2.05, 4.69) is 37.9 Å². The van der Waals surface area contributed by atoms with Crippen molar-refractivity contribution in [1.82, 2.24) is 0 Å². The summed E-state index contributed by atoms with van der Waals surface area (Å²) in [5, 5.41) is 9.90. The van der Waals surface area contributed by atoms with Gasteiger partial charge in [-0.15, -0.1) is 0 Å². The van der Waals surface area contributed by atoms with Crippen molar-refractivity contribution in [3.05, 3.63) is 70.8 Å². The number of alkyl halides is 3. The second kappa shape index (κ2) is 8.32. The van der Waals surface area contributed by atoms with Gasteiger partial charge in [0.1, 0.15) is 5.84 Å². The predicted molar refractivity (Wildman–Crippen MR) is 129 cm³/mol. The van der Waals surface area contributed by atoms with Gasteiger partial charge < -0.3 is 5.73 Å². The monoisotopic (exact) mass is 451 g/mol. The molecule has 3 N–H and O–H groups in total. The molecular weight excluding hydrogens is 423 g/mol. The molecule has 0 aromatic heterocycles. The lowest BCUT2D eigenvalue weighted by Gasteiger charge is -2.26. The topological polar surface area (TPSA) is 62.2 Å². The van der Waals surface area contributed by atoms with E-state index in [-0.39, 0.29) is 17.1 Å². The highest BCUT2D eigenvalue weighted by atomic mass is 19.4. The van der Waals surface area contributed by atoms with Crippen LogP contribution in [0.1, 0.15) is 68.7 Å². The molecular formula is C27H28F3N3. The molecule has 0 unspecified atom stereocenters. The highest BCUT2D eigenvalue weighted by molar-refractivity contribution is 6.27. The minimum Gasteiger partial charge on any atom is -0.383 e. The number of unbranched alkanes of at least 4 members (excludes halogenated alkanes) is 2. The molecule has 0 saturated carbocycles. The molecule has 1 aliphatic rings. The van der Waals surface area contributed by atoms with Crippen LogP contribution >= 0.6 is 0 Å². The number of rotatable bonds is 6. The van der Waals surface area contributed by atoms with Crippen molar-refractivity contribution in [2.24, 2.45) is 10.7 Å². The molecule has 0 aliphatic carbocycles. The van der Waals surface area contributed by atoms with Crippen LogP contribution in [0.15, 0.2) is 53.5 Å². The first kappa shape index (κ1) is 23.0. The molecule has 3 aromatic rings. The Morgan fingerprint density at radius 2 is 1.70 bits per heavy atom. The van der Waals surface area contributed by atoms with E-state index in [1.165, 1.54) is 6.07 Å². The number of halogens is 3. The number of benzene rings is 3. The molecule has 3 nitrogen and oxygen atoms in total. The number of nitrogens with one attached hydrogen (secondary N) is 1. The van der Waals surface area contributed by atoms with Crippen LogP contribution in [0.4, 0.5) is 13.2 Å². The fraction of sp³-hybridized carbons (Fsp3) is 0.333. The SMILES string of the molecule is CCCCCC(C)(C)c1ccc2cc3c(c(-c4cccc(C(F)(F)F)c4)c2c1)C(N)=NC3=N. The lowest BCUT2D eigenvalue weighted by Crippen LogP contribution is -2.17. The van der Waals surface area contributed by atoms with E-state index in [1.807, 2.05) is 12.1 Å². The number of amidine groups is 2. The summed E-state index contributed by atoms with van der Waals surface area (Å²) in [6, 6.07) is 13.3. The predicted octanol–water partition coefficient (Wildman–Crippen LogP) is 7.43. The maximum Gasteiger partial charge on any atom is 0.416 e. The maximum atomic E-state index is 13.5. The van der Waals surface area contributed by atoms with E-state index >= 15 is 0 Å². The minimum absolute atomic E-state index is 0.0293. The van der Waals surface area contributed by atoms with E-state index in [0.29, 0.717) is 22.3 Å². The van der Waals surface area contributed by atoms with Gasteiger partial charge in [-0.3, -0.25) is 5.41 Å². The van der Waals surface area contributed by atoms with Gasteiger partial charge in [-0.05, 0) is 58.0 Å². The van der Waals surface area contributed by atoms with Gasteiger partial charge in [-0.1, -0.05) is 64.3 Å². The molecule has 0 amide bonds. The van der Waals surface area contributed by atoms with Gasteiger partial charge in [-0.2, -0.15) is 13.2 Å². The second-order valence-electron chi connectivity index (χ2n) is 9.38.